The van der Waals surface area contributed by atoms with Crippen LogP contribution in [0.3, 0.4) is 0 Å². The summed E-state index contributed by atoms with van der Waals surface area (Å²) in [6.07, 6.45) is 0. The van der Waals surface area contributed by atoms with Gasteiger partial charge < -0.3 is 0 Å². The Morgan fingerprint density at radius 3 is 1.64 bits per heavy atom. The minimum absolute atomic E-state index is 0.904. The van der Waals surface area contributed by atoms with Crippen LogP contribution >= 0.6 is 0 Å². The minimum Gasteiger partial charge on any atom is -0.286 e. The van der Waals surface area contributed by atoms with E-state index in [9.17, 15) is 4.21 Å². The molecule has 1 aliphatic rings. The zero-order chi connectivity index (χ0) is 11.0. The van der Waals surface area contributed by atoms with Crippen LogP contribution in [0.2, 0.25) is 0 Å². The van der Waals surface area contributed by atoms with Gasteiger partial charge in [-0.25, -0.2) is 4.21 Å². The summed E-state index contributed by atoms with van der Waals surface area (Å²) in [5.74, 6) is 0. The molecule has 1 aliphatic heterocycles. The number of fused-ring (bicyclic) bond motifs is 1. The van der Waals surface area contributed by atoms with E-state index in [0.717, 1.165) is 11.4 Å². The molecule has 1 aromatic rings. The Labute approximate surface area is 88.6 Å². The molecule has 14 heavy (non-hydrogen) atoms. The summed E-state index contributed by atoms with van der Waals surface area (Å²) in [5, 5.41) is 0. The highest BCUT2D eigenvalue weighted by molar-refractivity contribution is 7.88. The Morgan fingerprint density at radius 2 is 1.29 bits per heavy atom. The van der Waals surface area contributed by atoms with Crippen LogP contribution in [-0.2, 0) is 11.2 Å². The summed E-state index contributed by atoms with van der Waals surface area (Å²) in [6, 6.07) is 7.56. The van der Waals surface area contributed by atoms with Gasteiger partial charge in [-0.1, -0.05) is 39.8 Å². The van der Waals surface area contributed by atoms with Gasteiger partial charge in [0.1, 0.15) is 0 Å². The minimum atomic E-state index is -1.12. The highest BCUT2D eigenvalue weighted by Gasteiger charge is 2.12. The number of hydrogen-bond donors (Lipinski definition) is 2. The van der Waals surface area contributed by atoms with Gasteiger partial charge in [-0.15, -0.1) is 0 Å². The van der Waals surface area contributed by atoms with Gasteiger partial charge >= 0.3 is 0 Å². The first-order valence-corrected chi connectivity index (χ1v) is 6.05. The van der Waals surface area contributed by atoms with E-state index < -0.39 is 11.2 Å². The first-order valence-electron chi connectivity index (χ1n) is 4.90. The fraction of sp³-hybridized carbons (Fsp3) is 0.400. The Balaban J connectivity index is 0.000000379. The molecule has 2 rings (SSSR count). The summed E-state index contributed by atoms with van der Waals surface area (Å²) >= 11 is -1.12. The van der Waals surface area contributed by atoms with Gasteiger partial charge in [0, 0.05) is 0 Å². The van der Waals surface area contributed by atoms with Gasteiger partial charge in [0.05, 0.1) is 11.4 Å². The lowest BCUT2D eigenvalue weighted by Gasteiger charge is -1.91. The van der Waals surface area contributed by atoms with E-state index in [1.807, 2.05) is 52.0 Å². The molecule has 2 N–H and O–H groups in total. The Hall–Kier alpha value is -1.03. The molecule has 0 fully saturated rings. The van der Waals surface area contributed by atoms with Crippen LogP contribution in [0.15, 0.2) is 24.3 Å². The smallest absolute Gasteiger partial charge is 0.220 e. The van der Waals surface area contributed by atoms with Crippen LogP contribution in [0.25, 0.3) is 0 Å². The first-order chi connectivity index (χ1) is 6.86. The molecule has 0 bridgehead atoms. The molecule has 0 unspecified atom stereocenters. The number of anilines is 2. The Morgan fingerprint density at radius 1 is 0.929 bits per heavy atom. The maximum Gasteiger partial charge on any atom is 0.220 e. The molecule has 4 heteroatoms. The van der Waals surface area contributed by atoms with Crippen molar-refractivity contribution in [1.82, 2.24) is 0 Å². The number of para-hydroxylation sites is 2. The summed E-state index contributed by atoms with van der Waals surface area (Å²) in [5.41, 5.74) is 1.81. The molecular formula is C10H18N2OS. The van der Waals surface area contributed by atoms with E-state index in [2.05, 4.69) is 9.44 Å². The molecule has 1 aromatic carbocycles. The van der Waals surface area contributed by atoms with Crippen LogP contribution in [0.1, 0.15) is 27.7 Å². The van der Waals surface area contributed by atoms with Crippen molar-refractivity contribution in [2.24, 2.45) is 0 Å². The highest BCUT2D eigenvalue weighted by Crippen LogP contribution is 2.26. The molecule has 0 aliphatic carbocycles. The number of rotatable bonds is 0. The molecule has 0 atom stereocenters. The number of nitrogens with one attached hydrogen (secondary N) is 2. The van der Waals surface area contributed by atoms with Crippen LogP contribution in [0, 0.1) is 0 Å². The fourth-order valence-corrected chi connectivity index (χ4v) is 1.69. The maximum atomic E-state index is 10.8. The monoisotopic (exact) mass is 214 g/mol. The summed E-state index contributed by atoms with van der Waals surface area (Å²) in [7, 11) is 0. The van der Waals surface area contributed by atoms with Crippen LogP contribution < -0.4 is 9.44 Å². The predicted octanol–water partition coefficient (Wildman–Crippen LogP) is 3.16. The topological polar surface area (TPSA) is 41.1 Å². The Bertz CT molecular complexity index is 262. The van der Waals surface area contributed by atoms with Crippen LogP contribution in [0.5, 0.6) is 0 Å². The van der Waals surface area contributed by atoms with Crippen LogP contribution in [-0.4, -0.2) is 4.21 Å². The third-order valence-electron chi connectivity index (χ3n) is 1.33. The average Bonchev–Trinajstić information content (AvgIpc) is 2.64. The third kappa shape index (κ3) is 3.38. The maximum absolute atomic E-state index is 10.8. The molecule has 3 nitrogen and oxygen atoms in total. The molecule has 0 saturated carbocycles. The summed E-state index contributed by atoms with van der Waals surface area (Å²) in [4.78, 5) is 0. The number of hydrogen-bond acceptors (Lipinski definition) is 1. The molecule has 1 heterocycles. The molecule has 0 amide bonds. The highest BCUT2D eigenvalue weighted by atomic mass is 32.2. The number of benzene rings is 1. The van der Waals surface area contributed by atoms with E-state index in [4.69, 9.17) is 0 Å². The summed E-state index contributed by atoms with van der Waals surface area (Å²) in [6.45, 7) is 8.00. The van der Waals surface area contributed by atoms with Gasteiger partial charge in [0.2, 0.25) is 11.2 Å². The second-order valence-electron chi connectivity index (χ2n) is 2.02. The molecule has 0 aromatic heterocycles. The largest absolute Gasteiger partial charge is 0.286 e. The van der Waals surface area contributed by atoms with E-state index >= 15 is 0 Å². The molecule has 80 valence electrons. The van der Waals surface area contributed by atoms with Crippen molar-refractivity contribution in [3.8, 4) is 0 Å². The molecule has 0 spiro atoms. The third-order valence-corrected chi connectivity index (χ3v) is 2.14. The predicted molar refractivity (Wildman–Crippen MR) is 64.5 cm³/mol. The molecule has 0 saturated heterocycles. The lowest BCUT2D eigenvalue weighted by Crippen LogP contribution is -2.02. The average molecular weight is 214 g/mol. The first kappa shape index (κ1) is 13.0. The van der Waals surface area contributed by atoms with Crippen molar-refractivity contribution in [2.45, 2.75) is 27.7 Å². The Kier molecular flexibility index (Phi) is 6.84. The van der Waals surface area contributed by atoms with Gasteiger partial charge in [0.15, 0.2) is 0 Å². The SMILES string of the molecule is CC.CC.O=S1Nc2ccccc2N1. The van der Waals surface area contributed by atoms with Crippen molar-refractivity contribution < 1.29 is 4.21 Å². The van der Waals surface area contributed by atoms with Gasteiger partial charge in [0.25, 0.3) is 0 Å². The van der Waals surface area contributed by atoms with Crippen molar-refractivity contribution in [3.63, 3.8) is 0 Å². The second-order valence-corrected chi connectivity index (χ2v) is 2.96. The van der Waals surface area contributed by atoms with Gasteiger partial charge in [-0.3, -0.25) is 9.44 Å². The lowest BCUT2D eigenvalue weighted by molar-refractivity contribution is 0.690. The summed E-state index contributed by atoms with van der Waals surface area (Å²) < 4.78 is 16.3. The van der Waals surface area contributed by atoms with Crippen LogP contribution in [0.4, 0.5) is 11.4 Å². The standard InChI is InChI=1S/C6H6N2OS.2C2H6/c9-10-7-5-3-1-2-4-6(5)8-10;2*1-2/h1-4,7-8H;2*1-2H3. The van der Waals surface area contributed by atoms with Crippen molar-refractivity contribution in [1.29, 1.82) is 0 Å². The van der Waals surface area contributed by atoms with E-state index in [1.54, 1.807) is 0 Å². The van der Waals surface area contributed by atoms with Crippen molar-refractivity contribution in [3.05, 3.63) is 24.3 Å². The fourth-order valence-electron chi connectivity index (χ4n) is 0.886. The van der Waals surface area contributed by atoms with Gasteiger partial charge in [-0.05, 0) is 12.1 Å². The zero-order valence-corrected chi connectivity index (χ0v) is 9.94. The molecule has 0 radical (unpaired) electrons. The zero-order valence-electron chi connectivity index (χ0n) is 9.13. The second kappa shape index (κ2) is 7.38. The normalized spacial score (nSPS) is 12.0. The van der Waals surface area contributed by atoms with E-state index in [-0.39, 0.29) is 0 Å². The van der Waals surface area contributed by atoms with Crippen molar-refractivity contribution >= 4 is 22.5 Å². The molecular weight excluding hydrogens is 196 g/mol. The van der Waals surface area contributed by atoms with E-state index in [1.165, 1.54) is 0 Å². The lowest BCUT2D eigenvalue weighted by atomic mass is 10.3. The van der Waals surface area contributed by atoms with E-state index in [0.29, 0.717) is 0 Å². The van der Waals surface area contributed by atoms with Gasteiger partial charge in [-0.2, -0.15) is 0 Å². The van der Waals surface area contributed by atoms with Crippen molar-refractivity contribution in [2.75, 3.05) is 9.44 Å². The quantitative estimate of drug-likeness (QED) is 0.684.